The molecule has 1 aliphatic rings. The molecule has 1 atom stereocenters. The maximum atomic E-state index is 12.7. The molecular weight excluding hydrogens is 404 g/mol. The summed E-state index contributed by atoms with van der Waals surface area (Å²) in [4.78, 5) is 16.0. The molecule has 1 aromatic carbocycles. The molecule has 0 radical (unpaired) electrons. The van der Waals surface area contributed by atoms with Crippen molar-refractivity contribution < 1.29 is 13.5 Å². The van der Waals surface area contributed by atoms with E-state index in [1.165, 1.54) is 6.20 Å². The number of benzene rings is 1. The molecule has 0 spiro atoms. The first kappa shape index (κ1) is 20.9. The van der Waals surface area contributed by atoms with E-state index in [-0.39, 0.29) is 23.6 Å². The molecule has 2 aromatic heterocycles. The van der Waals surface area contributed by atoms with Crippen LogP contribution in [0.2, 0.25) is 0 Å². The number of nitrogens with two attached hydrogens (primary N) is 2. The number of ether oxygens (including phenoxy) is 1. The fourth-order valence-corrected chi connectivity index (χ4v) is 3.71. The lowest BCUT2D eigenvalue weighted by Crippen LogP contribution is -2.30. The van der Waals surface area contributed by atoms with E-state index in [0.29, 0.717) is 40.5 Å². The summed E-state index contributed by atoms with van der Waals surface area (Å²) in [6.45, 7) is 0. The molecule has 3 aromatic rings. The summed E-state index contributed by atoms with van der Waals surface area (Å²) in [7, 11) is 1.55. The van der Waals surface area contributed by atoms with Gasteiger partial charge in [-0.25, -0.2) is 18.8 Å². The van der Waals surface area contributed by atoms with E-state index < -0.39 is 12.5 Å². The van der Waals surface area contributed by atoms with Gasteiger partial charge >= 0.3 is 0 Å². The number of halogens is 2. The topological polar surface area (TPSA) is 139 Å². The average molecular weight is 427 g/mol. The van der Waals surface area contributed by atoms with Crippen molar-refractivity contribution in [2.24, 2.45) is 16.6 Å². The second-order valence-electron chi connectivity index (χ2n) is 7.57. The van der Waals surface area contributed by atoms with E-state index in [1.807, 2.05) is 12.1 Å². The zero-order chi connectivity index (χ0) is 22.1. The van der Waals surface area contributed by atoms with Crippen molar-refractivity contribution in [1.82, 2.24) is 15.0 Å². The molecule has 31 heavy (non-hydrogen) atoms. The number of hydrogen-bond donors (Lipinski definition) is 4. The third-order valence-corrected chi connectivity index (χ3v) is 5.59. The van der Waals surface area contributed by atoms with Gasteiger partial charge in [-0.1, -0.05) is 12.1 Å². The quantitative estimate of drug-likeness (QED) is 0.366. The van der Waals surface area contributed by atoms with Gasteiger partial charge in [0.15, 0.2) is 5.95 Å². The number of para-hydroxylation sites is 1. The number of rotatable bonds is 5. The lowest BCUT2D eigenvalue weighted by molar-refractivity contribution is 0.116. The molecule has 10 heteroatoms. The Hall–Kier alpha value is -3.40. The number of aromatic nitrogens is 3. The van der Waals surface area contributed by atoms with Gasteiger partial charge in [0.05, 0.1) is 13.2 Å². The number of pyridine rings is 1. The molecule has 1 aliphatic carbocycles. The number of hydrogen-bond acceptors (Lipinski definition) is 6. The minimum Gasteiger partial charge on any atom is -0.494 e. The Morgan fingerprint density at radius 3 is 2.71 bits per heavy atom. The number of alkyl halides is 2. The lowest BCUT2D eigenvalue weighted by atomic mass is 9.72. The van der Waals surface area contributed by atoms with Crippen molar-refractivity contribution in [2.75, 3.05) is 12.8 Å². The largest absolute Gasteiger partial charge is 0.494 e. The summed E-state index contributed by atoms with van der Waals surface area (Å²) < 4.78 is 30.8. The summed E-state index contributed by atoms with van der Waals surface area (Å²) in [5.74, 6) is 1.12. The van der Waals surface area contributed by atoms with E-state index in [0.717, 1.165) is 5.69 Å². The second-order valence-corrected chi connectivity index (χ2v) is 7.57. The van der Waals surface area contributed by atoms with Crippen molar-refractivity contribution in [2.45, 2.75) is 31.2 Å². The molecule has 0 aliphatic heterocycles. The van der Waals surface area contributed by atoms with Gasteiger partial charge in [-0.2, -0.15) is 0 Å². The van der Waals surface area contributed by atoms with Gasteiger partial charge in [0.2, 0.25) is 0 Å². The van der Waals surface area contributed by atoms with Crippen LogP contribution in [0.3, 0.4) is 0 Å². The standard InChI is InChI=1S/C21H23F2N7O/c1-31-15-4-2-3-13-17(15)28-21(26)30-20(13)29-19(25)12-7-11(8-12)14-6-5-10(9-27-14)16(24)18(22)23/h2-6,9,11-12,16,18H,7-8,24H2,1H3,(H4,25,26,28,29,30)/t11-,12-,16?. The molecule has 0 amide bonds. The Kier molecular flexibility index (Phi) is 5.64. The maximum Gasteiger partial charge on any atom is 0.257 e. The van der Waals surface area contributed by atoms with Gasteiger partial charge in [-0.3, -0.25) is 10.4 Å². The van der Waals surface area contributed by atoms with E-state index >= 15 is 0 Å². The van der Waals surface area contributed by atoms with Crippen molar-refractivity contribution in [3.8, 4) is 5.75 Å². The van der Waals surface area contributed by atoms with Crippen LogP contribution in [0.1, 0.15) is 36.1 Å². The van der Waals surface area contributed by atoms with Crippen LogP contribution in [0.4, 0.5) is 14.7 Å². The fourth-order valence-electron chi connectivity index (χ4n) is 3.71. The van der Waals surface area contributed by atoms with Crippen LogP contribution >= 0.6 is 0 Å². The zero-order valence-electron chi connectivity index (χ0n) is 16.8. The summed E-state index contributed by atoms with van der Waals surface area (Å²) >= 11 is 0. The number of H-pyrrole nitrogens is 1. The number of fused-ring (bicyclic) bond motifs is 1. The van der Waals surface area contributed by atoms with Gasteiger partial charge in [0.1, 0.15) is 22.6 Å². The SMILES string of the molecule is COc1cccc2/c(=N/C(=N)[C@H]3C[C@H](c4ccc(C(N)C(F)F)cn4)C3)[nH]c(N)nc12. The zero-order valence-corrected chi connectivity index (χ0v) is 16.8. The predicted molar refractivity (Wildman–Crippen MR) is 113 cm³/mol. The number of methoxy groups -OCH3 is 1. The van der Waals surface area contributed by atoms with Crippen molar-refractivity contribution in [3.63, 3.8) is 0 Å². The normalized spacial score (nSPS) is 20.0. The summed E-state index contributed by atoms with van der Waals surface area (Å²) in [6.07, 6.45) is 0.191. The smallest absolute Gasteiger partial charge is 0.257 e. The number of nitrogens with one attached hydrogen (secondary N) is 2. The minimum absolute atomic E-state index is 0.0294. The molecule has 162 valence electrons. The van der Waals surface area contributed by atoms with Gasteiger partial charge in [0, 0.05) is 29.1 Å². The van der Waals surface area contributed by atoms with Crippen LogP contribution in [-0.2, 0) is 0 Å². The number of amidine groups is 1. The summed E-state index contributed by atoms with van der Waals surface area (Å²) in [5, 5.41) is 9.13. The van der Waals surface area contributed by atoms with Gasteiger partial charge in [-0.15, -0.1) is 0 Å². The highest BCUT2D eigenvalue weighted by Crippen LogP contribution is 2.41. The van der Waals surface area contributed by atoms with Crippen molar-refractivity contribution in [3.05, 3.63) is 53.3 Å². The lowest BCUT2D eigenvalue weighted by Gasteiger charge is -2.34. The van der Waals surface area contributed by atoms with Crippen LogP contribution in [0.15, 0.2) is 41.5 Å². The summed E-state index contributed by atoms with van der Waals surface area (Å²) in [5.41, 5.74) is 13.5. The molecule has 1 saturated carbocycles. The van der Waals surface area contributed by atoms with Crippen LogP contribution in [0.5, 0.6) is 5.75 Å². The number of anilines is 1. The molecule has 4 rings (SSSR count). The highest BCUT2D eigenvalue weighted by Gasteiger charge is 2.34. The molecule has 0 bridgehead atoms. The van der Waals surface area contributed by atoms with E-state index in [1.54, 1.807) is 25.3 Å². The molecule has 0 saturated heterocycles. The maximum absolute atomic E-state index is 12.7. The third-order valence-electron chi connectivity index (χ3n) is 5.59. The second kappa shape index (κ2) is 8.38. The first-order valence-corrected chi connectivity index (χ1v) is 9.82. The van der Waals surface area contributed by atoms with E-state index in [4.69, 9.17) is 21.6 Å². The number of nitrogens with zero attached hydrogens (tertiary/aromatic N) is 3. The Morgan fingerprint density at radius 1 is 1.29 bits per heavy atom. The van der Waals surface area contributed by atoms with Gasteiger partial charge < -0.3 is 21.2 Å². The summed E-state index contributed by atoms with van der Waals surface area (Å²) in [6, 6.07) is 7.44. The van der Waals surface area contributed by atoms with Crippen LogP contribution in [0.25, 0.3) is 10.9 Å². The molecule has 6 N–H and O–H groups in total. The molecular formula is C21H23F2N7O. The third kappa shape index (κ3) is 4.11. The molecule has 1 unspecified atom stereocenters. The van der Waals surface area contributed by atoms with E-state index in [9.17, 15) is 8.78 Å². The van der Waals surface area contributed by atoms with E-state index in [2.05, 4.69) is 19.9 Å². The highest BCUT2D eigenvalue weighted by atomic mass is 19.3. The number of nitrogen functional groups attached to an aromatic ring is 1. The Morgan fingerprint density at radius 2 is 2.06 bits per heavy atom. The van der Waals surface area contributed by atoms with Crippen LogP contribution in [0, 0.1) is 11.3 Å². The molecule has 1 fully saturated rings. The fraction of sp³-hybridized carbons (Fsp3) is 0.333. The average Bonchev–Trinajstić information content (AvgIpc) is 2.72. The Bertz CT molecular complexity index is 1170. The molecule has 8 nitrogen and oxygen atoms in total. The Balaban J connectivity index is 1.50. The first-order chi connectivity index (χ1) is 14.9. The first-order valence-electron chi connectivity index (χ1n) is 9.82. The van der Waals surface area contributed by atoms with Crippen molar-refractivity contribution >= 4 is 22.7 Å². The monoisotopic (exact) mass is 427 g/mol. The van der Waals surface area contributed by atoms with Gasteiger partial charge in [-0.05, 0) is 36.6 Å². The minimum atomic E-state index is -2.63. The molecule has 2 heterocycles. The van der Waals surface area contributed by atoms with Crippen LogP contribution in [-0.4, -0.2) is 34.3 Å². The van der Waals surface area contributed by atoms with Crippen molar-refractivity contribution in [1.29, 1.82) is 5.41 Å². The Labute approximate surface area is 176 Å². The predicted octanol–water partition coefficient (Wildman–Crippen LogP) is 2.89. The number of aromatic amines is 1. The highest BCUT2D eigenvalue weighted by molar-refractivity contribution is 5.87. The van der Waals surface area contributed by atoms with Gasteiger partial charge in [0.25, 0.3) is 6.43 Å². The van der Waals surface area contributed by atoms with Crippen LogP contribution < -0.4 is 21.7 Å².